The molecule has 2 aromatic carbocycles. The molecule has 0 unspecified atom stereocenters. The highest BCUT2D eigenvalue weighted by Crippen LogP contribution is 2.22. The molecule has 0 saturated carbocycles. The molecule has 0 spiro atoms. The Hall–Kier alpha value is -2.14. The highest BCUT2D eigenvalue weighted by atomic mass is 79.9. The molecule has 0 aliphatic heterocycles. The second-order valence-corrected chi connectivity index (χ2v) is 8.41. The normalized spacial score (nSPS) is 11.1. The maximum atomic E-state index is 12.9. The third kappa shape index (κ3) is 5.67. The zero-order valence-corrected chi connectivity index (χ0v) is 18.0. The Morgan fingerprint density at radius 3 is 2.22 bits per heavy atom. The standard InChI is InChI=1S/C22H27BrN2O2/c1-5-6-15-25(21(27)18-9-7-8-10-19(18)23)24-20(26)16-11-13-17(14-12-16)22(2,3)4/h7-14H,5-6,15H2,1-4H3,(H,24,26). The van der Waals surface area contributed by atoms with Crippen LogP contribution in [0.25, 0.3) is 0 Å². The van der Waals surface area contributed by atoms with Crippen LogP contribution >= 0.6 is 15.9 Å². The fourth-order valence-electron chi connectivity index (χ4n) is 2.61. The predicted molar refractivity (Wildman–Crippen MR) is 113 cm³/mol. The first-order valence-corrected chi connectivity index (χ1v) is 10.0. The van der Waals surface area contributed by atoms with E-state index in [0.29, 0.717) is 22.1 Å². The quantitative estimate of drug-likeness (QED) is 0.651. The number of carbonyl (C=O) groups excluding carboxylic acids is 2. The van der Waals surface area contributed by atoms with Crippen LogP contribution in [0.15, 0.2) is 53.0 Å². The first-order chi connectivity index (χ1) is 12.7. The molecule has 0 saturated heterocycles. The summed E-state index contributed by atoms with van der Waals surface area (Å²) in [4.78, 5) is 25.6. The maximum absolute atomic E-state index is 12.9. The Morgan fingerprint density at radius 2 is 1.67 bits per heavy atom. The molecule has 2 aromatic rings. The summed E-state index contributed by atoms with van der Waals surface area (Å²) in [5, 5.41) is 1.41. The summed E-state index contributed by atoms with van der Waals surface area (Å²) >= 11 is 3.41. The number of hydrogen-bond acceptors (Lipinski definition) is 2. The van der Waals surface area contributed by atoms with Gasteiger partial charge in [0, 0.05) is 16.6 Å². The largest absolute Gasteiger partial charge is 0.273 e. The van der Waals surface area contributed by atoms with Gasteiger partial charge in [0.25, 0.3) is 11.8 Å². The molecule has 0 atom stereocenters. The van der Waals surface area contributed by atoms with Crippen LogP contribution in [0.2, 0.25) is 0 Å². The van der Waals surface area contributed by atoms with E-state index in [2.05, 4.69) is 42.1 Å². The number of unbranched alkanes of at least 4 members (excludes halogenated alkanes) is 1. The van der Waals surface area contributed by atoms with Gasteiger partial charge in [-0.3, -0.25) is 15.0 Å². The lowest BCUT2D eigenvalue weighted by Gasteiger charge is -2.24. The molecule has 0 aliphatic carbocycles. The lowest BCUT2D eigenvalue weighted by Crippen LogP contribution is -2.46. The summed E-state index contributed by atoms with van der Waals surface area (Å²) in [5.41, 5.74) is 5.02. The van der Waals surface area contributed by atoms with E-state index in [1.165, 1.54) is 5.01 Å². The molecule has 0 fully saturated rings. The average Bonchev–Trinajstić information content (AvgIpc) is 2.64. The molecule has 5 heteroatoms. The van der Waals surface area contributed by atoms with Crippen LogP contribution in [0.4, 0.5) is 0 Å². The number of rotatable bonds is 5. The van der Waals surface area contributed by atoms with E-state index >= 15 is 0 Å². The number of hydrogen-bond donors (Lipinski definition) is 1. The van der Waals surface area contributed by atoms with Crippen LogP contribution in [-0.4, -0.2) is 23.4 Å². The summed E-state index contributed by atoms with van der Waals surface area (Å²) in [6.07, 6.45) is 1.73. The molecular weight excluding hydrogens is 404 g/mol. The molecule has 144 valence electrons. The molecule has 27 heavy (non-hydrogen) atoms. The van der Waals surface area contributed by atoms with Crippen molar-refractivity contribution in [3.8, 4) is 0 Å². The van der Waals surface area contributed by atoms with Gasteiger partial charge in [0.1, 0.15) is 0 Å². The third-order valence-electron chi connectivity index (χ3n) is 4.33. The number of hydrazine groups is 1. The van der Waals surface area contributed by atoms with Crippen molar-refractivity contribution in [2.45, 2.75) is 46.0 Å². The molecule has 2 amide bonds. The topological polar surface area (TPSA) is 49.4 Å². The predicted octanol–water partition coefficient (Wildman–Crippen LogP) is 5.33. The van der Waals surface area contributed by atoms with Gasteiger partial charge in [0.2, 0.25) is 0 Å². The van der Waals surface area contributed by atoms with Gasteiger partial charge in [-0.05, 0) is 57.6 Å². The van der Waals surface area contributed by atoms with E-state index in [-0.39, 0.29) is 17.2 Å². The average molecular weight is 431 g/mol. The highest BCUT2D eigenvalue weighted by molar-refractivity contribution is 9.10. The van der Waals surface area contributed by atoms with E-state index in [1.807, 2.05) is 37.3 Å². The van der Waals surface area contributed by atoms with E-state index in [4.69, 9.17) is 0 Å². The van der Waals surface area contributed by atoms with Crippen LogP contribution in [0.5, 0.6) is 0 Å². The molecule has 0 heterocycles. The SMILES string of the molecule is CCCCN(NC(=O)c1ccc(C(C)(C)C)cc1)C(=O)c1ccccc1Br. The Morgan fingerprint density at radius 1 is 1.04 bits per heavy atom. The minimum atomic E-state index is -0.285. The Kier molecular flexibility index (Phi) is 7.19. The number of nitrogens with zero attached hydrogens (tertiary/aromatic N) is 1. The zero-order valence-electron chi connectivity index (χ0n) is 16.4. The summed E-state index contributed by atoms with van der Waals surface area (Å²) < 4.78 is 0.709. The van der Waals surface area contributed by atoms with Crippen molar-refractivity contribution in [1.29, 1.82) is 0 Å². The number of carbonyl (C=O) groups is 2. The van der Waals surface area contributed by atoms with E-state index in [1.54, 1.807) is 18.2 Å². The Balaban J connectivity index is 2.19. The van der Waals surface area contributed by atoms with Crippen molar-refractivity contribution in [3.63, 3.8) is 0 Å². The fraction of sp³-hybridized carbons (Fsp3) is 0.364. The van der Waals surface area contributed by atoms with Crippen LogP contribution in [0.3, 0.4) is 0 Å². The van der Waals surface area contributed by atoms with Crippen molar-refractivity contribution in [2.75, 3.05) is 6.54 Å². The molecule has 0 bridgehead atoms. The molecule has 2 rings (SSSR count). The summed E-state index contributed by atoms with van der Waals surface area (Å²) in [6, 6.07) is 14.7. The number of amides is 2. The molecule has 0 radical (unpaired) electrons. The van der Waals surface area contributed by atoms with Crippen molar-refractivity contribution < 1.29 is 9.59 Å². The maximum Gasteiger partial charge on any atom is 0.273 e. The van der Waals surface area contributed by atoms with Crippen molar-refractivity contribution in [3.05, 3.63) is 69.7 Å². The van der Waals surface area contributed by atoms with Gasteiger partial charge in [0.05, 0.1) is 5.56 Å². The van der Waals surface area contributed by atoms with Crippen LogP contribution in [0, 0.1) is 0 Å². The van der Waals surface area contributed by atoms with E-state index < -0.39 is 0 Å². The molecule has 4 nitrogen and oxygen atoms in total. The minimum absolute atomic E-state index is 0.0255. The number of benzene rings is 2. The lowest BCUT2D eigenvalue weighted by atomic mass is 9.87. The highest BCUT2D eigenvalue weighted by Gasteiger charge is 2.21. The van der Waals surface area contributed by atoms with Crippen LogP contribution < -0.4 is 5.43 Å². The monoisotopic (exact) mass is 430 g/mol. The third-order valence-corrected chi connectivity index (χ3v) is 5.03. The van der Waals surface area contributed by atoms with E-state index in [0.717, 1.165) is 18.4 Å². The van der Waals surface area contributed by atoms with Crippen molar-refractivity contribution >= 4 is 27.7 Å². The van der Waals surface area contributed by atoms with Gasteiger partial charge in [0.15, 0.2) is 0 Å². The van der Waals surface area contributed by atoms with Gasteiger partial charge < -0.3 is 0 Å². The van der Waals surface area contributed by atoms with Crippen LogP contribution in [-0.2, 0) is 5.41 Å². The minimum Gasteiger partial charge on any atom is -0.267 e. The molecule has 0 aromatic heterocycles. The van der Waals surface area contributed by atoms with Gasteiger partial charge in [-0.15, -0.1) is 0 Å². The van der Waals surface area contributed by atoms with Gasteiger partial charge >= 0.3 is 0 Å². The second kappa shape index (κ2) is 9.18. The fourth-order valence-corrected chi connectivity index (χ4v) is 3.07. The Bertz CT molecular complexity index is 795. The second-order valence-electron chi connectivity index (χ2n) is 7.56. The number of nitrogens with one attached hydrogen (secondary N) is 1. The van der Waals surface area contributed by atoms with Gasteiger partial charge in [-0.25, -0.2) is 5.01 Å². The molecule has 1 N–H and O–H groups in total. The van der Waals surface area contributed by atoms with Gasteiger partial charge in [-0.2, -0.15) is 0 Å². The van der Waals surface area contributed by atoms with Crippen molar-refractivity contribution in [1.82, 2.24) is 10.4 Å². The first-order valence-electron chi connectivity index (χ1n) is 9.22. The van der Waals surface area contributed by atoms with Crippen molar-refractivity contribution in [2.24, 2.45) is 0 Å². The molecule has 0 aliphatic rings. The Labute approximate surface area is 170 Å². The van der Waals surface area contributed by atoms with Gasteiger partial charge in [-0.1, -0.05) is 58.4 Å². The molecular formula is C22H27BrN2O2. The summed E-state index contributed by atoms with van der Waals surface area (Å²) in [6.45, 7) is 8.90. The number of halogens is 1. The first kappa shape index (κ1) is 21.2. The smallest absolute Gasteiger partial charge is 0.267 e. The zero-order chi connectivity index (χ0) is 20.0. The summed E-state index contributed by atoms with van der Waals surface area (Å²) in [5.74, 6) is -0.512. The van der Waals surface area contributed by atoms with E-state index in [9.17, 15) is 9.59 Å². The lowest BCUT2D eigenvalue weighted by molar-refractivity contribution is 0.0579. The summed E-state index contributed by atoms with van der Waals surface area (Å²) in [7, 11) is 0. The van der Waals surface area contributed by atoms with Crippen LogP contribution in [0.1, 0.15) is 66.8 Å².